The molecule has 6 nitrogen and oxygen atoms in total. The Morgan fingerprint density at radius 2 is 2.09 bits per heavy atom. The lowest BCUT2D eigenvalue weighted by Crippen LogP contribution is -3.11. The van der Waals surface area contributed by atoms with E-state index in [1.807, 2.05) is 4.57 Å². The fourth-order valence-electron chi connectivity index (χ4n) is 2.95. The zero-order chi connectivity index (χ0) is 16.1. The molecule has 1 amide bonds. The first-order valence-corrected chi connectivity index (χ1v) is 8.92. The molecule has 0 unspecified atom stereocenters. The summed E-state index contributed by atoms with van der Waals surface area (Å²) in [5.41, 5.74) is 7.25. The minimum Gasteiger partial charge on any atom is -0.369 e. The van der Waals surface area contributed by atoms with Crippen molar-refractivity contribution < 1.29 is 9.69 Å². The van der Waals surface area contributed by atoms with E-state index >= 15 is 0 Å². The van der Waals surface area contributed by atoms with E-state index in [1.54, 1.807) is 0 Å². The standard InChI is InChI=1S/C15H24N4O2S/c1-3-18(4-2)8-9-19-12-7-5-6-11(12)14(17-15(19)21)22-10-13(16)20/h3-10H2,1-2H3,(H2,16,20)/p+1. The summed E-state index contributed by atoms with van der Waals surface area (Å²) in [4.78, 5) is 29.0. The van der Waals surface area contributed by atoms with Gasteiger partial charge in [0.15, 0.2) is 0 Å². The molecule has 0 spiro atoms. The summed E-state index contributed by atoms with van der Waals surface area (Å²) in [6.07, 6.45) is 2.90. The van der Waals surface area contributed by atoms with E-state index in [0.717, 1.165) is 50.2 Å². The second-order valence-electron chi connectivity index (χ2n) is 5.59. The number of nitrogens with one attached hydrogen (secondary N) is 1. The second-order valence-corrected chi connectivity index (χ2v) is 6.56. The van der Waals surface area contributed by atoms with Crippen LogP contribution in [0.25, 0.3) is 0 Å². The first-order valence-electron chi connectivity index (χ1n) is 7.94. The van der Waals surface area contributed by atoms with Crippen LogP contribution in [0.1, 0.15) is 31.5 Å². The number of thioether (sulfide) groups is 1. The minimum absolute atomic E-state index is 0.173. The van der Waals surface area contributed by atoms with Gasteiger partial charge in [-0.15, -0.1) is 0 Å². The molecule has 0 saturated heterocycles. The van der Waals surface area contributed by atoms with E-state index in [0.29, 0.717) is 11.6 Å². The highest BCUT2D eigenvalue weighted by atomic mass is 32.2. The normalized spacial score (nSPS) is 13.6. The molecular weight excluding hydrogens is 300 g/mol. The van der Waals surface area contributed by atoms with Crippen LogP contribution in [0.5, 0.6) is 0 Å². The van der Waals surface area contributed by atoms with E-state index in [-0.39, 0.29) is 17.3 Å². The molecule has 0 fully saturated rings. The highest BCUT2D eigenvalue weighted by molar-refractivity contribution is 7.99. The summed E-state index contributed by atoms with van der Waals surface area (Å²) in [5, 5.41) is 0.697. The van der Waals surface area contributed by atoms with Gasteiger partial charge in [-0.3, -0.25) is 9.36 Å². The smallest absolute Gasteiger partial charge is 0.349 e. The molecule has 1 aromatic heterocycles. The number of nitrogens with two attached hydrogens (primary N) is 1. The Morgan fingerprint density at radius 1 is 1.36 bits per heavy atom. The molecule has 0 aromatic carbocycles. The summed E-state index contributed by atoms with van der Waals surface area (Å²) in [5.74, 6) is -0.209. The summed E-state index contributed by atoms with van der Waals surface area (Å²) in [6, 6.07) is 0. The third-order valence-electron chi connectivity index (χ3n) is 4.24. The molecular formula is C15H25N4O2S+. The largest absolute Gasteiger partial charge is 0.369 e. The topological polar surface area (TPSA) is 82.4 Å². The van der Waals surface area contributed by atoms with Crippen LogP contribution in [0.3, 0.4) is 0 Å². The lowest BCUT2D eigenvalue weighted by molar-refractivity contribution is -0.897. The predicted molar refractivity (Wildman–Crippen MR) is 87.4 cm³/mol. The SMILES string of the molecule is CC[NH+](CC)CCn1c2c(c(SCC(N)=O)nc1=O)CCC2. The number of carbonyl (C=O) groups is 1. The number of aromatic nitrogens is 2. The highest BCUT2D eigenvalue weighted by Crippen LogP contribution is 2.28. The molecule has 7 heteroatoms. The van der Waals surface area contributed by atoms with Crippen LogP contribution >= 0.6 is 11.8 Å². The zero-order valence-corrected chi connectivity index (χ0v) is 14.2. The Labute approximate surface area is 135 Å². The van der Waals surface area contributed by atoms with Gasteiger partial charge < -0.3 is 10.6 Å². The highest BCUT2D eigenvalue weighted by Gasteiger charge is 2.22. The number of likely N-dealkylation sites (N-methyl/N-ethyl adjacent to an activating group) is 1. The lowest BCUT2D eigenvalue weighted by Gasteiger charge is -2.18. The number of fused-ring (bicyclic) bond motifs is 1. The van der Waals surface area contributed by atoms with E-state index in [9.17, 15) is 9.59 Å². The van der Waals surface area contributed by atoms with Crippen molar-refractivity contribution in [3.8, 4) is 0 Å². The molecule has 0 atom stereocenters. The van der Waals surface area contributed by atoms with Crippen molar-refractivity contribution in [3.05, 3.63) is 21.7 Å². The van der Waals surface area contributed by atoms with Crippen molar-refractivity contribution >= 4 is 17.7 Å². The van der Waals surface area contributed by atoms with Gasteiger partial charge in [0, 0.05) is 11.3 Å². The summed E-state index contributed by atoms with van der Waals surface area (Å²) >= 11 is 1.29. The number of amides is 1. The van der Waals surface area contributed by atoms with Gasteiger partial charge in [-0.1, -0.05) is 11.8 Å². The van der Waals surface area contributed by atoms with Gasteiger partial charge in [0.2, 0.25) is 5.91 Å². The van der Waals surface area contributed by atoms with E-state index in [2.05, 4.69) is 18.8 Å². The molecule has 1 heterocycles. The van der Waals surface area contributed by atoms with Crippen molar-refractivity contribution in [2.75, 3.05) is 25.4 Å². The number of hydrogen-bond acceptors (Lipinski definition) is 4. The van der Waals surface area contributed by atoms with Gasteiger partial charge in [-0.25, -0.2) is 4.79 Å². The van der Waals surface area contributed by atoms with Crippen molar-refractivity contribution in [2.24, 2.45) is 5.73 Å². The third kappa shape index (κ3) is 3.89. The Balaban J connectivity index is 2.23. The van der Waals surface area contributed by atoms with Crippen LogP contribution in [-0.2, 0) is 24.2 Å². The monoisotopic (exact) mass is 325 g/mol. The fraction of sp³-hybridized carbons (Fsp3) is 0.667. The fourth-order valence-corrected chi connectivity index (χ4v) is 3.76. The number of hydrogen-bond donors (Lipinski definition) is 2. The van der Waals surface area contributed by atoms with Crippen LogP contribution in [0.2, 0.25) is 0 Å². The molecule has 1 aliphatic rings. The number of quaternary nitrogens is 1. The quantitative estimate of drug-likeness (QED) is 0.486. The van der Waals surface area contributed by atoms with Gasteiger partial charge in [0.25, 0.3) is 0 Å². The summed E-state index contributed by atoms with van der Waals surface area (Å²) in [7, 11) is 0. The second kappa shape index (κ2) is 7.78. The Bertz CT molecular complexity index is 596. The maximum absolute atomic E-state index is 12.3. The maximum atomic E-state index is 12.3. The molecule has 0 aliphatic heterocycles. The van der Waals surface area contributed by atoms with Crippen LogP contribution in [0.4, 0.5) is 0 Å². The zero-order valence-electron chi connectivity index (χ0n) is 13.4. The van der Waals surface area contributed by atoms with E-state index in [1.165, 1.54) is 16.7 Å². The van der Waals surface area contributed by atoms with Gasteiger partial charge in [0.1, 0.15) is 5.03 Å². The minimum atomic E-state index is -0.382. The van der Waals surface area contributed by atoms with Gasteiger partial charge in [0.05, 0.1) is 31.9 Å². The van der Waals surface area contributed by atoms with Crippen molar-refractivity contribution in [2.45, 2.75) is 44.7 Å². The Hall–Kier alpha value is -1.34. The molecule has 0 saturated carbocycles. The molecule has 22 heavy (non-hydrogen) atoms. The molecule has 122 valence electrons. The number of nitrogens with zero attached hydrogens (tertiary/aromatic N) is 2. The van der Waals surface area contributed by atoms with E-state index in [4.69, 9.17) is 5.73 Å². The molecule has 1 aromatic rings. The van der Waals surface area contributed by atoms with Crippen LogP contribution in [0.15, 0.2) is 9.82 Å². The average molecular weight is 325 g/mol. The predicted octanol–water partition coefficient (Wildman–Crippen LogP) is -0.766. The molecule has 1 aliphatic carbocycles. The Kier molecular flexibility index (Phi) is 6.02. The van der Waals surface area contributed by atoms with Gasteiger partial charge in [-0.05, 0) is 33.1 Å². The first kappa shape index (κ1) is 17.0. The van der Waals surface area contributed by atoms with Crippen molar-refractivity contribution in [3.63, 3.8) is 0 Å². The van der Waals surface area contributed by atoms with Crippen LogP contribution < -0.4 is 16.3 Å². The van der Waals surface area contributed by atoms with Crippen molar-refractivity contribution in [1.29, 1.82) is 0 Å². The number of primary amides is 1. The van der Waals surface area contributed by atoms with Crippen LogP contribution in [-0.4, -0.2) is 40.8 Å². The average Bonchev–Trinajstić information content (AvgIpc) is 2.97. The summed E-state index contributed by atoms with van der Waals surface area (Å²) in [6.45, 7) is 8.10. The maximum Gasteiger partial charge on any atom is 0.349 e. The van der Waals surface area contributed by atoms with Gasteiger partial charge >= 0.3 is 5.69 Å². The molecule has 0 bridgehead atoms. The lowest BCUT2D eigenvalue weighted by atomic mass is 10.2. The van der Waals surface area contributed by atoms with Crippen molar-refractivity contribution in [1.82, 2.24) is 9.55 Å². The van der Waals surface area contributed by atoms with E-state index < -0.39 is 0 Å². The molecule has 3 N–H and O–H groups in total. The Morgan fingerprint density at radius 3 is 2.73 bits per heavy atom. The number of rotatable bonds is 8. The molecule has 0 radical (unpaired) electrons. The third-order valence-corrected chi connectivity index (χ3v) is 5.28. The summed E-state index contributed by atoms with van der Waals surface area (Å²) < 4.78 is 1.84. The molecule has 2 rings (SSSR count). The van der Waals surface area contributed by atoms with Gasteiger partial charge in [-0.2, -0.15) is 4.98 Å². The first-order chi connectivity index (χ1) is 10.6. The van der Waals surface area contributed by atoms with Crippen LogP contribution in [0, 0.1) is 0 Å². The number of carbonyl (C=O) groups excluding carboxylic acids is 1.